The molecule has 0 atom stereocenters. The van der Waals surface area contributed by atoms with Gasteiger partial charge in [0.2, 0.25) is 0 Å². The maximum absolute atomic E-state index is 12.2. The van der Waals surface area contributed by atoms with Gasteiger partial charge in [-0.15, -0.1) is 0 Å². The van der Waals surface area contributed by atoms with E-state index < -0.39 is 9.84 Å². The number of carbonyl (C=O) groups is 1. The summed E-state index contributed by atoms with van der Waals surface area (Å²) in [5, 5.41) is 2.75. The first kappa shape index (κ1) is 16.6. The third-order valence-corrected chi connectivity index (χ3v) is 4.54. The topological polar surface area (TPSA) is 76.1 Å². The number of hydrogen-bond donors (Lipinski definition) is 1. The molecular weight excluding hydrogens is 368 g/mol. The summed E-state index contributed by atoms with van der Waals surface area (Å²) in [7, 11) is -3.37. The maximum atomic E-state index is 12.2. The standard InChI is InChI=1S/C15H15BrN2O3S/c1-10-3-4-11(8-17-10)9-18-15(19)12-5-13(16)7-14(6-12)22(2,20)21/h3-8H,9H2,1-2H3,(H,18,19). The molecule has 1 aromatic heterocycles. The number of nitrogens with one attached hydrogen (secondary N) is 1. The highest BCUT2D eigenvalue weighted by Gasteiger charge is 2.13. The van der Waals surface area contributed by atoms with E-state index in [1.54, 1.807) is 12.3 Å². The average molecular weight is 383 g/mol. The molecule has 1 N–H and O–H groups in total. The zero-order valence-corrected chi connectivity index (χ0v) is 14.5. The molecule has 0 aliphatic carbocycles. The first-order chi connectivity index (χ1) is 10.3. The van der Waals surface area contributed by atoms with E-state index in [2.05, 4.69) is 26.2 Å². The summed E-state index contributed by atoms with van der Waals surface area (Å²) >= 11 is 3.22. The van der Waals surface area contributed by atoms with Gasteiger partial charge in [-0.2, -0.15) is 0 Å². The molecule has 0 radical (unpaired) electrons. The van der Waals surface area contributed by atoms with Gasteiger partial charge in [-0.1, -0.05) is 22.0 Å². The number of pyridine rings is 1. The summed E-state index contributed by atoms with van der Waals surface area (Å²) < 4.78 is 23.8. The summed E-state index contributed by atoms with van der Waals surface area (Å²) in [6.45, 7) is 2.21. The van der Waals surface area contributed by atoms with Gasteiger partial charge in [0.25, 0.3) is 5.91 Å². The van der Waals surface area contributed by atoms with Gasteiger partial charge in [0.1, 0.15) is 0 Å². The highest BCUT2D eigenvalue weighted by Crippen LogP contribution is 2.19. The third kappa shape index (κ3) is 4.38. The number of amides is 1. The van der Waals surface area contributed by atoms with Gasteiger partial charge in [0.05, 0.1) is 4.90 Å². The van der Waals surface area contributed by atoms with Gasteiger partial charge < -0.3 is 5.32 Å². The van der Waals surface area contributed by atoms with Crippen molar-refractivity contribution >= 4 is 31.7 Å². The van der Waals surface area contributed by atoms with Crippen LogP contribution < -0.4 is 5.32 Å². The van der Waals surface area contributed by atoms with Crippen molar-refractivity contribution in [2.24, 2.45) is 0 Å². The molecule has 0 fully saturated rings. The van der Waals surface area contributed by atoms with Crippen molar-refractivity contribution in [1.29, 1.82) is 0 Å². The predicted octanol–water partition coefficient (Wildman–Crippen LogP) is 2.49. The van der Waals surface area contributed by atoms with E-state index in [4.69, 9.17) is 0 Å². The molecule has 22 heavy (non-hydrogen) atoms. The molecule has 116 valence electrons. The predicted molar refractivity (Wildman–Crippen MR) is 87.4 cm³/mol. The second-order valence-electron chi connectivity index (χ2n) is 4.94. The molecule has 2 rings (SSSR count). The van der Waals surface area contributed by atoms with Crippen LogP contribution in [0.25, 0.3) is 0 Å². The Morgan fingerprint density at radius 2 is 2.00 bits per heavy atom. The molecule has 0 saturated heterocycles. The van der Waals surface area contributed by atoms with Crippen molar-refractivity contribution in [1.82, 2.24) is 10.3 Å². The quantitative estimate of drug-likeness (QED) is 0.880. The van der Waals surface area contributed by atoms with E-state index in [0.717, 1.165) is 17.5 Å². The Balaban J connectivity index is 2.16. The van der Waals surface area contributed by atoms with Gasteiger partial charge in [0.15, 0.2) is 9.84 Å². The normalized spacial score (nSPS) is 11.2. The van der Waals surface area contributed by atoms with Crippen molar-refractivity contribution in [3.05, 3.63) is 57.8 Å². The molecule has 5 nitrogen and oxygen atoms in total. The highest BCUT2D eigenvalue weighted by molar-refractivity contribution is 9.10. The summed E-state index contributed by atoms with van der Waals surface area (Å²) in [4.78, 5) is 16.4. The number of carbonyl (C=O) groups excluding carboxylic acids is 1. The van der Waals surface area contributed by atoms with Crippen LogP contribution in [0.4, 0.5) is 0 Å². The molecular formula is C15H15BrN2O3S. The van der Waals surface area contributed by atoms with Crippen LogP contribution in [-0.4, -0.2) is 25.6 Å². The lowest BCUT2D eigenvalue weighted by Crippen LogP contribution is -2.23. The second kappa shape index (κ2) is 6.58. The molecule has 2 aromatic rings. The molecule has 0 spiro atoms. The Morgan fingerprint density at radius 1 is 1.27 bits per heavy atom. The van der Waals surface area contributed by atoms with Crippen molar-refractivity contribution in [2.75, 3.05) is 6.26 Å². The molecule has 0 unspecified atom stereocenters. The minimum Gasteiger partial charge on any atom is -0.348 e. The largest absolute Gasteiger partial charge is 0.348 e. The minimum absolute atomic E-state index is 0.101. The van der Waals surface area contributed by atoms with E-state index in [1.165, 1.54) is 12.1 Å². The number of benzene rings is 1. The van der Waals surface area contributed by atoms with E-state index in [1.807, 2.05) is 19.1 Å². The van der Waals surface area contributed by atoms with Crippen molar-refractivity contribution in [2.45, 2.75) is 18.4 Å². The van der Waals surface area contributed by atoms with Crippen LogP contribution in [-0.2, 0) is 16.4 Å². The SMILES string of the molecule is Cc1ccc(CNC(=O)c2cc(Br)cc(S(C)(=O)=O)c2)cn1. The number of aromatic nitrogens is 1. The molecule has 1 heterocycles. The first-order valence-electron chi connectivity index (χ1n) is 6.46. The van der Waals surface area contributed by atoms with Crippen LogP contribution in [0.5, 0.6) is 0 Å². The lowest BCUT2D eigenvalue weighted by Gasteiger charge is -2.08. The Morgan fingerprint density at radius 3 is 2.59 bits per heavy atom. The number of sulfone groups is 1. The lowest BCUT2D eigenvalue weighted by molar-refractivity contribution is 0.0950. The molecule has 0 bridgehead atoms. The monoisotopic (exact) mass is 382 g/mol. The van der Waals surface area contributed by atoms with Crippen LogP contribution in [0.1, 0.15) is 21.6 Å². The molecule has 7 heteroatoms. The van der Waals surface area contributed by atoms with E-state index in [9.17, 15) is 13.2 Å². The summed E-state index contributed by atoms with van der Waals surface area (Å²) in [5.74, 6) is -0.341. The number of hydrogen-bond acceptors (Lipinski definition) is 4. The smallest absolute Gasteiger partial charge is 0.251 e. The van der Waals surface area contributed by atoms with E-state index in [-0.39, 0.29) is 16.4 Å². The minimum atomic E-state index is -3.37. The second-order valence-corrected chi connectivity index (χ2v) is 7.87. The van der Waals surface area contributed by atoms with Gasteiger partial charge in [-0.3, -0.25) is 9.78 Å². The van der Waals surface area contributed by atoms with Gasteiger partial charge in [-0.25, -0.2) is 8.42 Å². The fourth-order valence-electron chi connectivity index (χ4n) is 1.80. The number of aryl methyl sites for hydroxylation is 1. The maximum Gasteiger partial charge on any atom is 0.251 e. The fourth-order valence-corrected chi connectivity index (χ4v) is 3.12. The number of nitrogens with zero attached hydrogens (tertiary/aromatic N) is 1. The zero-order chi connectivity index (χ0) is 16.3. The lowest BCUT2D eigenvalue weighted by atomic mass is 10.2. The third-order valence-electron chi connectivity index (χ3n) is 2.99. The van der Waals surface area contributed by atoms with Crippen molar-refractivity contribution < 1.29 is 13.2 Å². The molecule has 1 aromatic carbocycles. The van der Waals surface area contributed by atoms with E-state index >= 15 is 0 Å². The van der Waals surface area contributed by atoms with Crippen LogP contribution in [0.15, 0.2) is 45.9 Å². The summed E-state index contributed by atoms with van der Waals surface area (Å²) in [6.07, 6.45) is 2.80. The molecule has 0 saturated carbocycles. The van der Waals surface area contributed by atoms with Crippen LogP contribution in [0.2, 0.25) is 0 Å². The van der Waals surface area contributed by atoms with E-state index in [0.29, 0.717) is 11.0 Å². The number of halogens is 1. The number of rotatable bonds is 4. The zero-order valence-electron chi connectivity index (χ0n) is 12.1. The average Bonchev–Trinajstić information content (AvgIpc) is 2.45. The Hall–Kier alpha value is -1.73. The van der Waals surface area contributed by atoms with Gasteiger partial charge in [0, 0.05) is 34.7 Å². The van der Waals surface area contributed by atoms with Crippen LogP contribution in [0.3, 0.4) is 0 Å². The molecule has 0 aliphatic rings. The Bertz CT molecular complexity index is 802. The van der Waals surface area contributed by atoms with Crippen LogP contribution >= 0.6 is 15.9 Å². The first-order valence-corrected chi connectivity index (χ1v) is 9.14. The van der Waals surface area contributed by atoms with Crippen molar-refractivity contribution in [3.8, 4) is 0 Å². The molecule has 0 aliphatic heterocycles. The Kier molecular flexibility index (Phi) is 4.97. The highest BCUT2D eigenvalue weighted by atomic mass is 79.9. The summed E-state index contributed by atoms with van der Waals surface area (Å²) in [5.41, 5.74) is 2.06. The van der Waals surface area contributed by atoms with Crippen LogP contribution in [0, 0.1) is 6.92 Å². The molecule has 1 amide bonds. The summed E-state index contributed by atoms with van der Waals surface area (Å²) in [6, 6.07) is 8.16. The van der Waals surface area contributed by atoms with Gasteiger partial charge in [-0.05, 0) is 36.8 Å². The van der Waals surface area contributed by atoms with Crippen molar-refractivity contribution in [3.63, 3.8) is 0 Å². The van der Waals surface area contributed by atoms with Gasteiger partial charge >= 0.3 is 0 Å². The Labute approximate surface area is 137 Å². The fraction of sp³-hybridized carbons (Fsp3) is 0.200.